The molecule has 2 aromatic rings. The van der Waals surface area contributed by atoms with Crippen molar-refractivity contribution < 1.29 is 5.11 Å². The zero-order chi connectivity index (χ0) is 20.2. The zero-order valence-electron chi connectivity index (χ0n) is 17.4. The van der Waals surface area contributed by atoms with Crippen LogP contribution < -0.4 is 5.46 Å². The Hall–Kier alpha value is -1.96. The van der Waals surface area contributed by atoms with Crippen LogP contribution in [0.15, 0.2) is 61.2 Å². The molecule has 0 aliphatic carbocycles. The van der Waals surface area contributed by atoms with Gasteiger partial charge in [0.25, 0.3) is 0 Å². The Morgan fingerprint density at radius 3 is 1.73 bits per heavy atom. The summed E-state index contributed by atoms with van der Waals surface area (Å²) in [6.45, 7) is 16.5. The highest BCUT2D eigenvalue weighted by Crippen LogP contribution is 2.36. The van der Waals surface area contributed by atoms with E-state index in [-0.39, 0.29) is 11.2 Å². The summed E-state index contributed by atoms with van der Waals surface area (Å²) in [4.78, 5) is 0. The molecule has 2 aromatic carbocycles. The number of phenols is 1. The highest BCUT2D eigenvalue weighted by Gasteiger charge is 2.27. The number of aromatic hydroxyl groups is 1. The van der Waals surface area contributed by atoms with Crippen LogP contribution in [0.1, 0.15) is 65.5 Å². The molecular weight excluding hydrogens is 315 g/mol. The Morgan fingerprint density at radius 2 is 1.35 bits per heavy atom. The second kappa shape index (κ2) is 12.4. The Kier molecular flexibility index (Phi) is 11.5. The van der Waals surface area contributed by atoms with Crippen LogP contribution in [0.25, 0.3) is 0 Å². The van der Waals surface area contributed by atoms with E-state index in [1.165, 1.54) is 11.1 Å². The van der Waals surface area contributed by atoms with Crippen LogP contribution in [-0.4, -0.2) is 13.0 Å². The van der Waals surface area contributed by atoms with Gasteiger partial charge in [-0.25, -0.2) is 0 Å². The third-order valence-electron chi connectivity index (χ3n) is 3.90. The summed E-state index contributed by atoms with van der Waals surface area (Å²) < 4.78 is 0. The van der Waals surface area contributed by atoms with E-state index in [0.29, 0.717) is 0 Å². The zero-order valence-corrected chi connectivity index (χ0v) is 17.4. The van der Waals surface area contributed by atoms with Gasteiger partial charge in [-0.2, -0.15) is 0 Å². The van der Waals surface area contributed by atoms with Gasteiger partial charge in [0.15, 0.2) is 0 Å². The van der Waals surface area contributed by atoms with Crippen molar-refractivity contribution in [1.82, 2.24) is 0 Å². The van der Waals surface area contributed by atoms with Crippen LogP contribution in [0.5, 0.6) is 5.75 Å². The minimum Gasteiger partial charge on any atom is -0.508 e. The Labute approximate surface area is 162 Å². The Balaban J connectivity index is 0.000000920. The van der Waals surface area contributed by atoms with Crippen LogP contribution in [0.2, 0.25) is 0 Å². The quantitative estimate of drug-likeness (QED) is 0.507. The fourth-order valence-corrected chi connectivity index (χ4v) is 2.53. The van der Waals surface area contributed by atoms with Gasteiger partial charge in [-0.05, 0) is 42.0 Å². The summed E-state index contributed by atoms with van der Waals surface area (Å²) in [7, 11) is 5.78. The first-order valence-electron chi connectivity index (χ1n) is 9.56. The lowest BCUT2D eigenvalue weighted by atomic mass is 9.72. The third-order valence-corrected chi connectivity index (χ3v) is 3.90. The van der Waals surface area contributed by atoms with E-state index in [1.54, 1.807) is 12.1 Å². The standard InChI is InChI=1S/C18H19BO.C4H10.C2H6/c1-3-4-13-18(2,14-5-9-16(19)10-6-14)15-7-11-17(20)12-8-15;1-4(2)3;1-2/h3,5-12,20H,1,4,13H2,2H3;4H,1-3H3;1-2H3. The van der Waals surface area contributed by atoms with Gasteiger partial charge in [0.1, 0.15) is 13.6 Å². The van der Waals surface area contributed by atoms with Crippen molar-refractivity contribution in [1.29, 1.82) is 0 Å². The summed E-state index contributed by atoms with van der Waals surface area (Å²) in [6.07, 6.45) is 3.84. The fraction of sp³-hybridized carbons (Fsp3) is 0.417. The van der Waals surface area contributed by atoms with E-state index >= 15 is 0 Å². The summed E-state index contributed by atoms with van der Waals surface area (Å²) >= 11 is 0. The normalized spacial score (nSPS) is 12.1. The second-order valence-corrected chi connectivity index (χ2v) is 7.06. The van der Waals surface area contributed by atoms with Gasteiger partial charge in [-0.3, -0.25) is 0 Å². The number of benzene rings is 2. The first-order valence-corrected chi connectivity index (χ1v) is 9.56. The summed E-state index contributed by atoms with van der Waals surface area (Å²) in [5.74, 6) is 1.12. The van der Waals surface area contributed by atoms with Gasteiger partial charge < -0.3 is 5.11 Å². The molecule has 0 aromatic heterocycles. The van der Waals surface area contributed by atoms with Crippen molar-refractivity contribution in [3.05, 3.63) is 72.3 Å². The summed E-state index contributed by atoms with van der Waals surface area (Å²) in [5, 5.41) is 9.47. The average molecular weight is 350 g/mol. The molecule has 0 amide bonds. The molecule has 1 unspecified atom stereocenters. The molecule has 2 rings (SSSR count). The maximum absolute atomic E-state index is 9.47. The molecule has 0 fully saturated rings. The minimum atomic E-state index is -0.115. The van der Waals surface area contributed by atoms with Gasteiger partial charge in [-0.1, -0.05) is 89.5 Å². The molecular formula is C24H35BO. The lowest BCUT2D eigenvalue weighted by Gasteiger charge is -2.31. The molecule has 1 N–H and O–H groups in total. The minimum absolute atomic E-state index is 0.115. The molecule has 0 saturated carbocycles. The van der Waals surface area contributed by atoms with Gasteiger partial charge >= 0.3 is 0 Å². The monoisotopic (exact) mass is 350 g/mol. The predicted octanol–water partition coefficient (Wildman–Crippen LogP) is 6.15. The first-order chi connectivity index (χ1) is 12.3. The molecule has 2 radical (unpaired) electrons. The molecule has 1 nitrogen and oxygen atoms in total. The van der Waals surface area contributed by atoms with Crippen LogP contribution in [0.3, 0.4) is 0 Å². The van der Waals surface area contributed by atoms with E-state index in [2.05, 4.69) is 46.4 Å². The lowest BCUT2D eigenvalue weighted by Crippen LogP contribution is -2.24. The molecule has 2 heteroatoms. The molecule has 0 bridgehead atoms. The van der Waals surface area contributed by atoms with Crippen LogP contribution in [0, 0.1) is 5.92 Å². The largest absolute Gasteiger partial charge is 0.508 e. The molecule has 0 spiro atoms. The van der Waals surface area contributed by atoms with Crippen molar-refractivity contribution in [2.75, 3.05) is 0 Å². The molecule has 0 saturated heterocycles. The lowest BCUT2D eigenvalue weighted by molar-refractivity contribution is 0.473. The highest BCUT2D eigenvalue weighted by atomic mass is 16.3. The molecule has 0 heterocycles. The van der Waals surface area contributed by atoms with Crippen molar-refractivity contribution in [3.8, 4) is 5.75 Å². The second-order valence-electron chi connectivity index (χ2n) is 7.06. The molecule has 26 heavy (non-hydrogen) atoms. The molecule has 0 aliphatic rings. The van der Waals surface area contributed by atoms with Gasteiger partial charge in [-0.15, -0.1) is 6.58 Å². The third kappa shape index (κ3) is 7.95. The number of hydrogen-bond donors (Lipinski definition) is 1. The Morgan fingerprint density at radius 1 is 0.962 bits per heavy atom. The van der Waals surface area contributed by atoms with Crippen molar-refractivity contribution >= 4 is 13.3 Å². The maximum atomic E-state index is 9.47. The molecule has 140 valence electrons. The van der Waals surface area contributed by atoms with Gasteiger partial charge in [0.2, 0.25) is 0 Å². The van der Waals surface area contributed by atoms with E-state index < -0.39 is 0 Å². The molecule has 1 atom stereocenters. The van der Waals surface area contributed by atoms with Crippen molar-refractivity contribution in [3.63, 3.8) is 0 Å². The summed E-state index contributed by atoms with van der Waals surface area (Å²) in [5.41, 5.74) is 3.06. The molecule has 0 aliphatic heterocycles. The number of hydrogen-bond acceptors (Lipinski definition) is 1. The van der Waals surface area contributed by atoms with Crippen LogP contribution >= 0.6 is 0 Å². The van der Waals surface area contributed by atoms with Gasteiger partial charge in [0, 0.05) is 5.41 Å². The SMILES string of the molecule is CC.CC(C)C.[B]c1ccc(C(C)(CCC=C)c2ccc(O)cc2)cc1. The first kappa shape index (κ1) is 24.0. The maximum Gasteiger partial charge on any atom is 0.115 e. The van der Waals surface area contributed by atoms with Crippen LogP contribution in [0.4, 0.5) is 0 Å². The average Bonchev–Trinajstić information content (AvgIpc) is 2.62. The van der Waals surface area contributed by atoms with E-state index in [0.717, 1.165) is 24.2 Å². The number of phenolic OH excluding ortho intramolecular Hbond substituents is 1. The number of rotatable bonds is 5. The fourth-order valence-electron chi connectivity index (χ4n) is 2.53. The number of allylic oxidation sites excluding steroid dienone is 1. The van der Waals surface area contributed by atoms with Crippen molar-refractivity contribution in [2.45, 2.75) is 59.8 Å². The summed E-state index contributed by atoms with van der Waals surface area (Å²) in [6, 6.07) is 15.4. The van der Waals surface area contributed by atoms with E-state index in [1.807, 2.05) is 44.2 Å². The van der Waals surface area contributed by atoms with E-state index in [9.17, 15) is 5.11 Å². The smallest absolute Gasteiger partial charge is 0.115 e. The highest BCUT2D eigenvalue weighted by molar-refractivity contribution is 6.32. The van der Waals surface area contributed by atoms with E-state index in [4.69, 9.17) is 7.85 Å². The van der Waals surface area contributed by atoms with Crippen molar-refractivity contribution in [2.24, 2.45) is 5.92 Å². The predicted molar refractivity (Wildman–Crippen MR) is 118 cm³/mol. The topological polar surface area (TPSA) is 20.2 Å². The van der Waals surface area contributed by atoms with Crippen LogP contribution in [-0.2, 0) is 5.41 Å². The Bertz CT molecular complexity index is 563. The van der Waals surface area contributed by atoms with Gasteiger partial charge in [0.05, 0.1) is 0 Å².